The van der Waals surface area contributed by atoms with Crippen molar-refractivity contribution in [2.75, 3.05) is 6.54 Å². The maximum Gasteiger partial charge on any atom is 0.573 e. The van der Waals surface area contributed by atoms with Crippen LogP contribution in [0, 0.1) is 0 Å². The first-order valence-electron chi connectivity index (χ1n) is 6.86. The summed E-state index contributed by atoms with van der Waals surface area (Å²) < 4.78 is 67.9. The van der Waals surface area contributed by atoms with Crippen LogP contribution in [0.2, 0.25) is 0 Å². The van der Waals surface area contributed by atoms with Gasteiger partial charge >= 0.3 is 6.36 Å². The van der Waals surface area contributed by atoms with Crippen LogP contribution in [0.3, 0.4) is 0 Å². The maximum atomic E-state index is 12.8. The van der Waals surface area contributed by atoms with Gasteiger partial charge in [-0.3, -0.25) is 4.79 Å². The van der Waals surface area contributed by atoms with E-state index in [0.717, 1.165) is 16.4 Å². The molecule has 23 heavy (non-hydrogen) atoms. The molecule has 2 atom stereocenters. The predicted octanol–water partition coefficient (Wildman–Crippen LogP) is 1.24. The molecule has 1 N–H and O–H groups in total. The maximum absolute atomic E-state index is 12.8. The highest BCUT2D eigenvalue weighted by Gasteiger charge is 2.49. The summed E-state index contributed by atoms with van der Waals surface area (Å²) in [7, 11) is -4.29. The molecule has 0 spiro atoms. The van der Waals surface area contributed by atoms with Gasteiger partial charge in [-0.25, -0.2) is 8.42 Å². The number of alkyl halides is 3. The summed E-state index contributed by atoms with van der Waals surface area (Å²) in [5.74, 6) is -1.23. The van der Waals surface area contributed by atoms with Crippen LogP contribution in [0.1, 0.15) is 12.8 Å². The number of amides is 1. The number of ether oxygens (including phenoxy) is 1. The minimum Gasteiger partial charge on any atom is -0.404 e. The van der Waals surface area contributed by atoms with Crippen LogP contribution in [0.4, 0.5) is 13.2 Å². The first kappa shape index (κ1) is 16.1. The van der Waals surface area contributed by atoms with Crippen molar-refractivity contribution in [3.63, 3.8) is 0 Å². The van der Waals surface area contributed by atoms with Gasteiger partial charge in [0.15, 0.2) is 0 Å². The highest BCUT2D eigenvalue weighted by molar-refractivity contribution is 7.89. The van der Waals surface area contributed by atoms with E-state index in [1.165, 1.54) is 12.1 Å². The molecule has 0 radical (unpaired) electrons. The summed E-state index contributed by atoms with van der Waals surface area (Å²) in [5, 5.41) is 2.59. The van der Waals surface area contributed by atoms with Crippen LogP contribution in [-0.2, 0) is 14.8 Å². The van der Waals surface area contributed by atoms with Crippen molar-refractivity contribution in [3.8, 4) is 5.75 Å². The van der Waals surface area contributed by atoms with E-state index in [4.69, 9.17) is 0 Å². The standard InChI is InChI=1S/C13H13F3N2O4S/c14-13(15,16)22-10-3-1-2-4-11(10)23(20,21)18-8-5-6-9(18)12(19)17-7-8/h1-4,8-9H,5-7H2,(H,17,19). The predicted molar refractivity (Wildman–Crippen MR) is 72.0 cm³/mol. The van der Waals surface area contributed by atoms with Gasteiger partial charge in [0.2, 0.25) is 15.9 Å². The number of hydrogen-bond donors (Lipinski definition) is 1. The van der Waals surface area contributed by atoms with E-state index >= 15 is 0 Å². The average molecular weight is 350 g/mol. The van der Waals surface area contributed by atoms with E-state index in [1.54, 1.807) is 0 Å². The number of piperazine rings is 1. The molecule has 0 saturated carbocycles. The molecule has 0 aliphatic carbocycles. The Morgan fingerprint density at radius 3 is 2.61 bits per heavy atom. The third kappa shape index (κ3) is 2.88. The summed E-state index contributed by atoms with van der Waals surface area (Å²) in [6, 6.07) is 3.19. The number of halogens is 3. The van der Waals surface area contributed by atoms with Crippen molar-refractivity contribution >= 4 is 15.9 Å². The highest BCUT2D eigenvalue weighted by atomic mass is 32.2. The minimum absolute atomic E-state index is 0.150. The monoisotopic (exact) mass is 350 g/mol. The first-order chi connectivity index (χ1) is 10.7. The van der Waals surface area contributed by atoms with Gasteiger partial charge in [-0.05, 0) is 25.0 Å². The SMILES string of the molecule is O=C1NCC2CCC1N2S(=O)(=O)c1ccccc1OC(F)(F)F. The lowest BCUT2D eigenvalue weighted by atomic mass is 10.2. The highest BCUT2D eigenvalue weighted by Crippen LogP contribution is 2.37. The largest absolute Gasteiger partial charge is 0.573 e. The van der Waals surface area contributed by atoms with Crippen LogP contribution in [-0.4, -0.2) is 43.6 Å². The number of hydrogen-bond acceptors (Lipinski definition) is 4. The van der Waals surface area contributed by atoms with E-state index in [2.05, 4.69) is 10.1 Å². The van der Waals surface area contributed by atoms with Crippen molar-refractivity contribution in [2.45, 2.75) is 36.2 Å². The van der Waals surface area contributed by atoms with Crippen molar-refractivity contribution in [3.05, 3.63) is 24.3 Å². The second kappa shape index (κ2) is 5.38. The fourth-order valence-electron chi connectivity index (χ4n) is 2.98. The summed E-state index contributed by atoms with van der Waals surface area (Å²) in [6.07, 6.45) is -4.19. The number of para-hydroxylation sites is 1. The van der Waals surface area contributed by atoms with Gasteiger partial charge in [0.25, 0.3) is 0 Å². The number of fused-ring (bicyclic) bond motifs is 2. The molecule has 2 heterocycles. The number of sulfonamides is 1. The molecule has 2 aliphatic heterocycles. The Morgan fingerprint density at radius 2 is 1.91 bits per heavy atom. The smallest absolute Gasteiger partial charge is 0.404 e. The Balaban J connectivity index is 2.03. The Hall–Kier alpha value is -1.81. The topological polar surface area (TPSA) is 75.7 Å². The number of benzene rings is 1. The van der Waals surface area contributed by atoms with E-state index in [1.807, 2.05) is 0 Å². The zero-order chi connectivity index (χ0) is 16.8. The van der Waals surface area contributed by atoms with Crippen molar-refractivity contribution < 1.29 is 31.1 Å². The number of carbonyl (C=O) groups excluding carboxylic acids is 1. The zero-order valence-corrected chi connectivity index (χ0v) is 12.5. The van der Waals surface area contributed by atoms with Crippen molar-refractivity contribution in [2.24, 2.45) is 0 Å². The first-order valence-corrected chi connectivity index (χ1v) is 8.30. The Kier molecular flexibility index (Phi) is 3.75. The molecule has 2 fully saturated rings. The van der Waals surface area contributed by atoms with Gasteiger partial charge < -0.3 is 10.1 Å². The molecular weight excluding hydrogens is 337 g/mol. The lowest BCUT2D eigenvalue weighted by molar-refractivity contribution is -0.275. The van der Waals surface area contributed by atoms with Gasteiger partial charge in [-0.15, -0.1) is 13.2 Å². The van der Waals surface area contributed by atoms with Crippen LogP contribution in [0.15, 0.2) is 29.2 Å². The zero-order valence-electron chi connectivity index (χ0n) is 11.7. The molecule has 3 rings (SSSR count). The number of nitrogens with one attached hydrogen (secondary N) is 1. The Morgan fingerprint density at radius 1 is 1.22 bits per heavy atom. The van der Waals surface area contributed by atoms with Crippen LogP contribution in [0.5, 0.6) is 5.75 Å². The summed E-state index contributed by atoms with van der Waals surface area (Å²) >= 11 is 0. The second-order valence-corrected chi connectivity index (χ2v) is 7.13. The van der Waals surface area contributed by atoms with E-state index in [-0.39, 0.29) is 6.54 Å². The molecule has 2 saturated heterocycles. The summed E-state index contributed by atoms with van der Waals surface area (Å²) in [6.45, 7) is 0.150. The fourth-order valence-corrected chi connectivity index (χ4v) is 4.93. The third-order valence-corrected chi connectivity index (χ3v) is 5.89. The average Bonchev–Trinajstić information content (AvgIpc) is 2.80. The Labute approximate surface area is 130 Å². The number of carbonyl (C=O) groups is 1. The van der Waals surface area contributed by atoms with Crippen LogP contribution >= 0.6 is 0 Å². The molecule has 1 aromatic carbocycles. The molecule has 2 aliphatic rings. The molecular formula is C13H13F3N2O4S. The van der Waals surface area contributed by atoms with Gasteiger partial charge in [-0.1, -0.05) is 12.1 Å². The second-order valence-electron chi connectivity index (χ2n) is 5.32. The number of rotatable bonds is 3. The summed E-state index contributed by atoms with van der Waals surface area (Å²) in [5.41, 5.74) is 0. The van der Waals surface area contributed by atoms with Crippen molar-refractivity contribution in [1.82, 2.24) is 9.62 Å². The Bertz CT molecular complexity index is 735. The summed E-state index contributed by atoms with van der Waals surface area (Å²) in [4.78, 5) is 11.2. The molecule has 2 unspecified atom stereocenters. The lowest BCUT2D eigenvalue weighted by Gasteiger charge is -2.33. The van der Waals surface area contributed by atoms with Crippen LogP contribution < -0.4 is 10.1 Å². The molecule has 0 aromatic heterocycles. The van der Waals surface area contributed by atoms with E-state index in [0.29, 0.717) is 12.8 Å². The van der Waals surface area contributed by atoms with Gasteiger partial charge in [0.05, 0.1) is 0 Å². The lowest BCUT2D eigenvalue weighted by Crippen LogP contribution is -2.57. The molecule has 1 aromatic rings. The molecule has 2 bridgehead atoms. The van der Waals surface area contributed by atoms with Crippen LogP contribution in [0.25, 0.3) is 0 Å². The molecule has 6 nitrogen and oxygen atoms in total. The minimum atomic E-state index is -5.01. The van der Waals surface area contributed by atoms with Gasteiger partial charge in [0, 0.05) is 12.6 Å². The van der Waals surface area contributed by atoms with E-state index in [9.17, 15) is 26.4 Å². The molecule has 1 amide bonds. The third-order valence-electron chi connectivity index (χ3n) is 3.89. The van der Waals surface area contributed by atoms with E-state index < -0.39 is 45.0 Å². The number of nitrogens with zero attached hydrogens (tertiary/aromatic N) is 1. The van der Waals surface area contributed by atoms with Crippen molar-refractivity contribution in [1.29, 1.82) is 0 Å². The van der Waals surface area contributed by atoms with Gasteiger partial charge in [0.1, 0.15) is 16.7 Å². The fraction of sp³-hybridized carbons (Fsp3) is 0.462. The normalized spacial score (nSPS) is 25.3. The van der Waals surface area contributed by atoms with Gasteiger partial charge in [-0.2, -0.15) is 4.31 Å². The molecule has 126 valence electrons. The quantitative estimate of drug-likeness (QED) is 0.890. The molecule has 10 heteroatoms.